The normalized spacial score (nSPS) is 10.9. The summed E-state index contributed by atoms with van der Waals surface area (Å²) in [6, 6.07) is 17.2. The summed E-state index contributed by atoms with van der Waals surface area (Å²) >= 11 is 6.50. The van der Waals surface area contributed by atoms with Gasteiger partial charge in [0.15, 0.2) is 0 Å². The summed E-state index contributed by atoms with van der Waals surface area (Å²) in [5.74, 6) is 0. The van der Waals surface area contributed by atoms with Crippen LogP contribution in [0.5, 0.6) is 0 Å². The number of anilines is 1. The molecule has 0 saturated heterocycles. The van der Waals surface area contributed by atoms with Gasteiger partial charge in [0.25, 0.3) is 0 Å². The topological polar surface area (TPSA) is 15.3 Å². The molecular formula is C18H23ClN2. The maximum absolute atomic E-state index is 6.50. The van der Waals surface area contributed by atoms with E-state index in [0.29, 0.717) is 6.04 Å². The smallest absolute Gasteiger partial charge is 0.0642 e. The highest BCUT2D eigenvalue weighted by atomic mass is 35.5. The maximum atomic E-state index is 6.50. The van der Waals surface area contributed by atoms with Crippen molar-refractivity contribution in [3.05, 3.63) is 64.7 Å². The van der Waals surface area contributed by atoms with Crippen molar-refractivity contribution in [3.63, 3.8) is 0 Å². The van der Waals surface area contributed by atoms with Gasteiger partial charge in [-0.1, -0.05) is 48.0 Å². The molecule has 0 radical (unpaired) electrons. The third-order valence-electron chi connectivity index (χ3n) is 3.52. The number of rotatable bonds is 6. The van der Waals surface area contributed by atoms with Crippen molar-refractivity contribution >= 4 is 17.3 Å². The average Bonchev–Trinajstić information content (AvgIpc) is 2.47. The van der Waals surface area contributed by atoms with Crippen LogP contribution in [0.2, 0.25) is 5.02 Å². The molecule has 0 bridgehead atoms. The summed E-state index contributed by atoms with van der Waals surface area (Å²) in [4.78, 5) is 2.33. The van der Waals surface area contributed by atoms with Gasteiger partial charge in [0, 0.05) is 19.1 Å². The molecule has 0 amide bonds. The van der Waals surface area contributed by atoms with Crippen molar-refractivity contribution < 1.29 is 0 Å². The summed E-state index contributed by atoms with van der Waals surface area (Å²) in [6.07, 6.45) is 0. The molecule has 2 aromatic rings. The zero-order valence-electron chi connectivity index (χ0n) is 12.9. The molecule has 0 aliphatic heterocycles. The van der Waals surface area contributed by atoms with Gasteiger partial charge in [0.1, 0.15) is 0 Å². The number of nitrogens with one attached hydrogen (secondary N) is 1. The lowest BCUT2D eigenvalue weighted by Crippen LogP contribution is -2.30. The first-order chi connectivity index (χ1) is 10.1. The first-order valence-electron chi connectivity index (χ1n) is 7.35. The van der Waals surface area contributed by atoms with E-state index in [2.05, 4.69) is 60.5 Å². The number of hydrogen-bond acceptors (Lipinski definition) is 2. The van der Waals surface area contributed by atoms with Gasteiger partial charge in [0.2, 0.25) is 0 Å². The predicted molar refractivity (Wildman–Crippen MR) is 92.0 cm³/mol. The molecule has 2 rings (SSSR count). The largest absolute Gasteiger partial charge is 0.364 e. The lowest BCUT2D eigenvalue weighted by atomic mass is 10.1. The molecule has 21 heavy (non-hydrogen) atoms. The molecule has 0 heterocycles. The van der Waals surface area contributed by atoms with E-state index in [9.17, 15) is 0 Å². The van der Waals surface area contributed by atoms with Crippen molar-refractivity contribution in [2.75, 3.05) is 11.9 Å². The van der Waals surface area contributed by atoms with Crippen molar-refractivity contribution in [2.45, 2.75) is 33.0 Å². The molecule has 0 atom stereocenters. The predicted octanol–water partition coefficient (Wildman–Crippen LogP) is 4.47. The Bertz CT molecular complexity index is 567. The van der Waals surface area contributed by atoms with E-state index in [4.69, 9.17) is 11.6 Å². The highest BCUT2D eigenvalue weighted by Gasteiger charge is 2.14. The monoisotopic (exact) mass is 302 g/mol. The van der Waals surface area contributed by atoms with Crippen LogP contribution < -0.4 is 10.2 Å². The minimum Gasteiger partial charge on any atom is -0.364 e. The fourth-order valence-electron chi connectivity index (χ4n) is 2.42. The zero-order chi connectivity index (χ0) is 15.2. The van der Waals surface area contributed by atoms with E-state index in [1.807, 2.05) is 19.2 Å². The number of benzene rings is 2. The van der Waals surface area contributed by atoms with Gasteiger partial charge in [0.05, 0.1) is 10.7 Å². The second-order valence-electron chi connectivity index (χ2n) is 5.52. The maximum Gasteiger partial charge on any atom is 0.0642 e. The van der Waals surface area contributed by atoms with Crippen LogP contribution in [0.3, 0.4) is 0 Å². The van der Waals surface area contributed by atoms with Crippen LogP contribution >= 0.6 is 11.6 Å². The third-order valence-corrected chi connectivity index (χ3v) is 3.82. The van der Waals surface area contributed by atoms with E-state index < -0.39 is 0 Å². The van der Waals surface area contributed by atoms with Gasteiger partial charge in [-0.3, -0.25) is 0 Å². The molecule has 0 aliphatic carbocycles. The van der Waals surface area contributed by atoms with Crippen LogP contribution in [0.25, 0.3) is 0 Å². The van der Waals surface area contributed by atoms with Crippen LogP contribution in [-0.4, -0.2) is 13.1 Å². The van der Waals surface area contributed by atoms with Crippen molar-refractivity contribution in [1.29, 1.82) is 0 Å². The number of halogens is 1. The van der Waals surface area contributed by atoms with Gasteiger partial charge >= 0.3 is 0 Å². The fourth-order valence-corrected chi connectivity index (χ4v) is 2.74. The van der Waals surface area contributed by atoms with Crippen molar-refractivity contribution in [1.82, 2.24) is 5.32 Å². The Hall–Kier alpha value is -1.51. The van der Waals surface area contributed by atoms with Gasteiger partial charge in [-0.15, -0.1) is 0 Å². The average molecular weight is 303 g/mol. The van der Waals surface area contributed by atoms with Gasteiger partial charge in [-0.25, -0.2) is 0 Å². The van der Waals surface area contributed by atoms with Crippen molar-refractivity contribution in [2.24, 2.45) is 0 Å². The summed E-state index contributed by atoms with van der Waals surface area (Å²) in [7, 11) is 1.94. The van der Waals surface area contributed by atoms with E-state index >= 15 is 0 Å². The van der Waals surface area contributed by atoms with E-state index in [1.165, 1.54) is 11.1 Å². The van der Waals surface area contributed by atoms with E-state index in [-0.39, 0.29) is 0 Å². The van der Waals surface area contributed by atoms with Gasteiger partial charge in [-0.05, 0) is 44.2 Å². The quantitative estimate of drug-likeness (QED) is 0.846. The molecule has 0 aromatic heterocycles. The molecule has 1 N–H and O–H groups in total. The molecule has 2 nitrogen and oxygen atoms in total. The molecule has 0 aliphatic rings. The molecule has 112 valence electrons. The lowest BCUT2D eigenvalue weighted by Gasteiger charge is -2.30. The molecule has 0 fully saturated rings. The minimum atomic E-state index is 0.387. The first-order valence-corrected chi connectivity index (χ1v) is 7.73. The highest BCUT2D eigenvalue weighted by Crippen LogP contribution is 2.29. The summed E-state index contributed by atoms with van der Waals surface area (Å²) < 4.78 is 0. The Balaban J connectivity index is 2.26. The Morgan fingerprint density at radius 3 is 2.33 bits per heavy atom. The van der Waals surface area contributed by atoms with Crippen LogP contribution in [0.15, 0.2) is 48.5 Å². The third kappa shape index (κ3) is 4.23. The second-order valence-corrected chi connectivity index (χ2v) is 5.93. The van der Waals surface area contributed by atoms with E-state index in [1.54, 1.807) is 0 Å². The molecule has 0 unspecified atom stereocenters. The molecular weight excluding hydrogens is 280 g/mol. The van der Waals surface area contributed by atoms with E-state index in [0.717, 1.165) is 23.8 Å². The molecule has 2 aromatic carbocycles. The molecule has 3 heteroatoms. The molecule has 0 saturated carbocycles. The number of nitrogens with zero attached hydrogens (tertiary/aromatic N) is 1. The van der Waals surface area contributed by atoms with Crippen molar-refractivity contribution in [3.8, 4) is 0 Å². The standard InChI is InChI=1S/C18H23ClN2/c1-14(2)21(13-15-7-5-4-6-8-15)18-10-9-16(12-20-3)11-17(18)19/h4-11,14,20H,12-13H2,1-3H3. The Kier molecular flexibility index (Phi) is 5.66. The number of hydrogen-bond donors (Lipinski definition) is 1. The highest BCUT2D eigenvalue weighted by molar-refractivity contribution is 6.33. The van der Waals surface area contributed by atoms with Gasteiger partial charge in [-0.2, -0.15) is 0 Å². The SMILES string of the molecule is CNCc1ccc(N(Cc2ccccc2)C(C)C)c(Cl)c1. The zero-order valence-corrected chi connectivity index (χ0v) is 13.7. The Morgan fingerprint density at radius 1 is 1.05 bits per heavy atom. The summed E-state index contributed by atoms with van der Waals surface area (Å²) in [5, 5.41) is 3.96. The Morgan fingerprint density at radius 2 is 1.76 bits per heavy atom. The lowest BCUT2D eigenvalue weighted by molar-refractivity contribution is 0.682. The van der Waals surface area contributed by atoms with Crippen LogP contribution in [0.4, 0.5) is 5.69 Å². The summed E-state index contributed by atoms with van der Waals surface area (Å²) in [6.45, 7) is 6.09. The first kappa shape index (κ1) is 15.9. The Labute approximate surface area is 132 Å². The van der Waals surface area contributed by atoms with Crippen LogP contribution in [-0.2, 0) is 13.1 Å². The van der Waals surface area contributed by atoms with Gasteiger partial charge < -0.3 is 10.2 Å². The fraction of sp³-hybridized carbons (Fsp3) is 0.333. The van der Waals surface area contributed by atoms with Crippen LogP contribution in [0.1, 0.15) is 25.0 Å². The second kappa shape index (κ2) is 7.48. The minimum absolute atomic E-state index is 0.387. The molecule has 0 spiro atoms. The summed E-state index contributed by atoms with van der Waals surface area (Å²) in [5.41, 5.74) is 3.59. The van der Waals surface area contributed by atoms with Crippen LogP contribution in [0, 0.1) is 0 Å².